The van der Waals surface area contributed by atoms with Crippen molar-refractivity contribution >= 4 is 5.91 Å². The van der Waals surface area contributed by atoms with Gasteiger partial charge in [-0.3, -0.25) is 4.79 Å². The van der Waals surface area contributed by atoms with Gasteiger partial charge in [-0.05, 0) is 38.1 Å². The molecule has 1 amide bonds. The molecule has 0 radical (unpaired) electrons. The second-order valence-electron chi connectivity index (χ2n) is 4.33. The molecule has 0 spiro atoms. The molecule has 1 aliphatic rings. The minimum Gasteiger partial charge on any atom is -0.505 e. The molecule has 2 rings (SSSR count). The standard InChI is InChI=1S/C12H17N3O2/c1-13-7-9-4-6-15(8-9)12(17)11-10(16)3-2-5-14-11/h2-3,5,9,13,16H,4,6-8H2,1H3. The maximum atomic E-state index is 12.1. The first-order valence-electron chi connectivity index (χ1n) is 5.80. The van der Waals surface area contributed by atoms with Gasteiger partial charge in [-0.25, -0.2) is 4.98 Å². The van der Waals surface area contributed by atoms with Crippen LogP contribution in [0.4, 0.5) is 0 Å². The van der Waals surface area contributed by atoms with Crippen molar-refractivity contribution in [1.82, 2.24) is 15.2 Å². The van der Waals surface area contributed by atoms with Crippen molar-refractivity contribution in [3.05, 3.63) is 24.0 Å². The molecule has 1 aromatic heterocycles. The number of amides is 1. The van der Waals surface area contributed by atoms with Gasteiger partial charge in [-0.2, -0.15) is 0 Å². The van der Waals surface area contributed by atoms with Crippen LogP contribution in [0.15, 0.2) is 18.3 Å². The number of aromatic nitrogens is 1. The highest BCUT2D eigenvalue weighted by Gasteiger charge is 2.28. The topological polar surface area (TPSA) is 65.5 Å². The molecule has 1 aliphatic heterocycles. The van der Waals surface area contributed by atoms with Crippen molar-refractivity contribution in [3.63, 3.8) is 0 Å². The Balaban J connectivity index is 2.05. The SMILES string of the molecule is CNCC1CCN(C(=O)c2ncccc2O)C1. The Morgan fingerprint density at radius 3 is 3.24 bits per heavy atom. The van der Waals surface area contributed by atoms with E-state index in [2.05, 4.69) is 10.3 Å². The smallest absolute Gasteiger partial charge is 0.276 e. The van der Waals surface area contributed by atoms with Crippen LogP contribution in [0.2, 0.25) is 0 Å². The Morgan fingerprint density at radius 1 is 1.71 bits per heavy atom. The summed E-state index contributed by atoms with van der Waals surface area (Å²) in [4.78, 5) is 17.8. The Bertz CT molecular complexity index is 408. The summed E-state index contributed by atoms with van der Waals surface area (Å²) in [5, 5.41) is 12.7. The van der Waals surface area contributed by atoms with E-state index in [1.54, 1.807) is 11.0 Å². The summed E-state index contributed by atoms with van der Waals surface area (Å²) in [7, 11) is 1.91. The summed E-state index contributed by atoms with van der Waals surface area (Å²) in [6, 6.07) is 3.10. The van der Waals surface area contributed by atoms with Gasteiger partial charge in [-0.1, -0.05) is 0 Å². The zero-order chi connectivity index (χ0) is 12.3. The molecule has 92 valence electrons. The molecule has 1 atom stereocenters. The predicted molar refractivity (Wildman–Crippen MR) is 63.8 cm³/mol. The summed E-state index contributed by atoms with van der Waals surface area (Å²) in [5.74, 6) is 0.270. The normalized spacial score (nSPS) is 19.6. The molecule has 0 bridgehead atoms. The van der Waals surface area contributed by atoms with Crippen LogP contribution < -0.4 is 5.32 Å². The van der Waals surface area contributed by atoms with E-state index in [0.29, 0.717) is 5.92 Å². The lowest BCUT2D eigenvalue weighted by molar-refractivity contribution is 0.0778. The first kappa shape index (κ1) is 11.9. The van der Waals surface area contributed by atoms with Gasteiger partial charge in [0, 0.05) is 19.3 Å². The van der Waals surface area contributed by atoms with Crippen molar-refractivity contribution in [3.8, 4) is 5.75 Å². The van der Waals surface area contributed by atoms with E-state index in [4.69, 9.17) is 0 Å². The van der Waals surface area contributed by atoms with Crippen molar-refractivity contribution in [1.29, 1.82) is 0 Å². The Morgan fingerprint density at radius 2 is 2.53 bits per heavy atom. The van der Waals surface area contributed by atoms with Gasteiger partial charge in [0.05, 0.1) is 0 Å². The maximum absolute atomic E-state index is 12.1. The fraction of sp³-hybridized carbons (Fsp3) is 0.500. The number of carbonyl (C=O) groups excluding carboxylic acids is 1. The summed E-state index contributed by atoms with van der Waals surface area (Å²) in [6.45, 7) is 2.38. The van der Waals surface area contributed by atoms with Gasteiger partial charge >= 0.3 is 0 Å². The van der Waals surface area contributed by atoms with Crippen LogP contribution in [0.3, 0.4) is 0 Å². The molecular formula is C12H17N3O2. The van der Waals surface area contributed by atoms with Gasteiger partial charge in [-0.15, -0.1) is 0 Å². The molecule has 1 aromatic rings. The van der Waals surface area contributed by atoms with Crippen LogP contribution in [0.5, 0.6) is 5.75 Å². The van der Waals surface area contributed by atoms with Gasteiger partial charge in [0.25, 0.3) is 5.91 Å². The first-order valence-corrected chi connectivity index (χ1v) is 5.80. The van der Waals surface area contributed by atoms with E-state index >= 15 is 0 Å². The summed E-state index contributed by atoms with van der Waals surface area (Å²) in [6.07, 6.45) is 2.52. The number of rotatable bonds is 3. The lowest BCUT2D eigenvalue weighted by Gasteiger charge is -2.16. The third-order valence-corrected chi connectivity index (χ3v) is 3.05. The highest BCUT2D eigenvalue weighted by atomic mass is 16.3. The minimum absolute atomic E-state index is 0.0467. The molecule has 0 saturated carbocycles. The van der Waals surface area contributed by atoms with Crippen molar-refractivity contribution in [2.75, 3.05) is 26.7 Å². The van der Waals surface area contributed by atoms with Crippen LogP contribution in [0, 0.1) is 5.92 Å². The fourth-order valence-electron chi connectivity index (χ4n) is 2.18. The lowest BCUT2D eigenvalue weighted by Crippen LogP contribution is -2.30. The summed E-state index contributed by atoms with van der Waals surface area (Å²) < 4.78 is 0. The lowest BCUT2D eigenvalue weighted by atomic mass is 10.1. The van der Waals surface area contributed by atoms with E-state index in [9.17, 15) is 9.90 Å². The van der Waals surface area contributed by atoms with E-state index in [1.807, 2.05) is 7.05 Å². The Kier molecular flexibility index (Phi) is 3.58. The molecule has 0 aliphatic carbocycles. The zero-order valence-electron chi connectivity index (χ0n) is 9.89. The quantitative estimate of drug-likeness (QED) is 0.799. The molecule has 0 aromatic carbocycles. The van der Waals surface area contributed by atoms with Gasteiger partial charge in [0.2, 0.25) is 0 Å². The van der Waals surface area contributed by atoms with Crippen LogP contribution in [-0.4, -0.2) is 47.6 Å². The third-order valence-electron chi connectivity index (χ3n) is 3.05. The molecule has 1 unspecified atom stereocenters. The van der Waals surface area contributed by atoms with Crippen LogP contribution in [-0.2, 0) is 0 Å². The van der Waals surface area contributed by atoms with E-state index in [-0.39, 0.29) is 17.4 Å². The average Bonchev–Trinajstić information content (AvgIpc) is 2.78. The number of nitrogens with zero attached hydrogens (tertiary/aromatic N) is 2. The van der Waals surface area contributed by atoms with E-state index < -0.39 is 0 Å². The fourth-order valence-corrected chi connectivity index (χ4v) is 2.18. The van der Waals surface area contributed by atoms with E-state index in [1.165, 1.54) is 12.3 Å². The largest absolute Gasteiger partial charge is 0.505 e. The van der Waals surface area contributed by atoms with Crippen molar-refractivity contribution < 1.29 is 9.90 Å². The second-order valence-corrected chi connectivity index (χ2v) is 4.33. The number of nitrogens with one attached hydrogen (secondary N) is 1. The second kappa shape index (κ2) is 5.14. The molecule has 1 saturated heterocycles. The van der Waals surface area contributed by atoms with Gasteiger partial charge < -0.3 is 15.3 Å². The number of aromatic hydroxyl groups is 1. The summed E-state index contributed by atoms with van der Waals surface area (Å²) >= 11 is 0. The summed E-state index contributed by atoms with van der Waals surface area (Å²) in [5.41, 5.74) is 0.151. The number of hydrogen-bond acceptors (Lipinski definition) is 4. The molecule has 5 nitrogen and oxygen atoms in total. The van der Waals surface area contributed by atoms with Crippen LogP contribution >= 0.6 is 0 Å². The van der Waals surface area contributed by atoms with Crippen LogP contribution in [0.25, 0.3) is 0 Å². The number of carbonyl (C=O) groups is 1. The molecule has 17 heavy (non-hydrogen) atoms. The van der Waals surface area contributed by atoms with Gasteiger partial charge in [0.1, 0.15) is 5.75 Å². The van der Waals surface area contributed by atoms with Gasteiger partial charge in [0.15, 0.2) is 5.69 Å². The minimum atomic E-state index is -0.179. The number of hydrogen-bond donors (Lipinski definition) is 2. The third kappa shape index (κ3) is 2.55. The first-order chi connectivity index (χ1) is 8.22. The highest BCUT2D eigenvalue weighted by Crippen LogP contribution is 2.21. The van der Waals surface area contributed by atoms with Crippen LogP contribution in [0.1, 0.15) is 16.9 Å². The highest BCUT2D eigenvalue weighted by molar-refractivity contribution is 5.94. The average molecular weight is 235 g/mol. The number of pyridine rings is 1. The number of likely N-dealkylation sites (tertiary alicyclic amines) is 1. The molecular weight excluding hydrogens is 218 g/mol. The zero-order valence-corrected chi connectivity index (χ0v) is 9.89. The monoisotopic (exact) mass is 235 g/mol. The molecule has 2 heterocycles. The molecule has 2 N–H and O–H groups in total. The van der Waals surface area contributed by atoms with Crippen molar-refractivity contribution in [2.24, 2.45) is 5.92 Å². The predicted octanol–water partition coefficient (Wildman–Crippen LogP) is 0.469. The molecule has 1 fully saturated rings. The maximum Gasteiger partial charge on any atom is 0.276 e. The Labute approximate surface area is 100 Å². The van der Waals surface area contributed by atoms with Crippen molar-refractivity contribution in [2.45, 2.75) is 6.42 Å². The molecule has 5 heteroatoms. The Hall–Kier alpha value is -1.62. The van der Waals surface area contributed by atoms with E-state index in [0.717, 1.165) is 26.1 Å².